The second-order valence-corrected chi connectivity index (χ2v) is 7.94. The Kier molecular flexibility index (Phi) is 6.84. The van der Waals surface area contributed by atoms with E-state index in [2.05, 4.69) is 0 Å². The zero-order valence-corrected chi connectivity index (χ0v) is 19.0. The topological polar surface area (TPSA) is 209 Å². The van der Waals surface area contributed by atoms with Crippen molar-refractivity contribution >= 4 is 11.0 Å². The quantitative estimate of drug-likeness (QED) is 0.230. The number of methoxy groups -OCH3 is 2. The van der Waals surface area contributed by atoms with Crippen molar-refractivity contribution in [3.05, 3.63) is 34.5 Å². The molecule has 0 saturated carbocycles. The summed E-state index contributed by atoms with van der Waals surface area (Å²) < 4.78 is 27.0. The molecular weight excluding hydrogens is 484 g/mol. The van der Waals surface area contributed by atoms with Crippen LogP contribution < -0.4 is 19.6 Å². The Hall–Kier alpha value is -3.75. The Morgan fingerprint density at radius 3 is 2.22 bits per heavy atom. The molecule has 0 spiro atoms. The van der Waals surface area contributed by atoms with Crippen molar-refractivity contribution in [1.29, 1.82) is 0 Å². The lowest BCUT2D eigenvalue weighted by Gasteiger charge is -2.39. The molecule has 0 unspecified atom stereocenters. The maximum absolute atomic E-state index is 13.0. The van der Waals surface area contributed by atoms with Crippen molar-refractivity contribution in [2.24, 2.45) is 0 Å². The second-order valence-electron chi connectivity index (χ2n) is 7.94. The molecule has 7 N–H and O–H groups in total. The van der Waals surface area contributed by atoms with E-state index in [-0.39, 0.29) is 28.6 Å². The summed E-state index contributed by atoms with van der Waals surface area (Å²) in [5, 5.41) is 70.5. The number of aliphatic hydroxyl groups excluding tert-OH is 4. The number of ether oxygens (including phenoxy) is 4. The second kappa shape index (κ2) is 9.72. The van der Waals surface area contributed by atoms with Crippen LogP contribution in [0.4, 0.5) is 0 Å². The van der Waals surface area contributed by atoms with Crippen LogP contribution in [-0.2, 0) is 4.74 Å². The molecular formula is C23H24O13. The molecule has 0 aliphatic carbocycles. The molecule has 1 fully saturated rings. The number of hydrogen-bond acceptors (Lipinski definition) is 13. The molecule has 5 atom stereocenters. The third-order valence-corrected chi connectivity index (χ3v) is 5.79. The molecule has 13 heteroatoms. The summed E-state index contributed by atoms with van der Waals surface area (Å²) in [5.74, 6) is -2.67. The molecule has 2 heterocycles. The van der Waals surface area contributed by atoms with Crippen LogP contribution >= 0.6 is 0 Å². The third-order valence-electron chi connectivity index (χ3n) is 5.79. The van der Waals surface area contributed by atoms with Gasteiger partial charge in [0, 0.05) is 11.6 Å². The molecule has 0 bridgehead atoms. The van der Waals surface area contributed by atoms with E-state index in [4.69, 9.17) is 23.4 Å². The number of aromatic hydroxyl groups is 3. The van der Waals surface area contributed by atoms with Crippen LogP contribution in [0.5, 0.6) is 34.5 Å². The summed E-state index contributed by atoms with van der Waals surface area (Å²) in [4.78, 5) is 13.0. The van der Waals surface area contributed by atoms with Gasteiger partial charge < -0.3 is 59.1 Å². The summed E-state index contributed by atoms with van der Waals surface area (Å²) in [6.07, 6.45) is -8.19. The zero-order valence-electron chi connectivity index (χ0n) is 19.0. The standard InChI is InChI=1S/C23H24O13/c1-32-11-4-3-8(5-9(11)25)20-18(30)16(28)14-10(26)6-12(33-2)21(22(14)35-20)36-23-19(31)17(29)15(27)13(7-24)34-23/h3-6,13,15,17,19,23-27,29-31H,7H2,1-2H3/t13-,15-,17+,19-,23+/m1/s1. The zero-order chi connectivity index (χ0) is 26.3. The van der Waals surface area contributed by atoms with Crippen molar-refractivity contribution in [2.45, 2.75) is 30.7 Å². The summed E-state index contributed by atoms with van der Waals surface area (Å²) in [5.41, 5.74) is -1.43. The van der Waals surface area contributed by atoms with Crippen LogP contribution in [0, 0.1) is 0 Å². The molecule has 13 nitrogen and oxygen atoms in total. The SMILES string of the molecule is COc1ccc(-c2oc3c(O[C@@H]4O[C@H](CO)[C@@H](O)[C@H](O)[C@H]4O)c(OC)cc(O)c3c(=O)c2O)cc1O. The number of aliphatic hydroxyl groups is 4. The van der Waals surface area contributed by atoms with Gasteiger partial charge >= 0.3 is 0 Å². The maximum Gasteiger partial charge on any atom is 0.238 e. The molecule has 36 heavy (non-hydrogen) atoms. The summed E-state index contributed by atoms with van der Waals surface area (Å²) in [6, 6.07) is 4.92. The van der Waals surface area contributed by atoms with Crippen LogP contribution in [-0.4, -0.2) is 87.3 Å². The van der Waals surface area contributed by atoms with Crippen molar-refractivity contribution in [2.75, 3.05) is 20.8 Å². The molecule has 2 aromatic carbocycles. The molecule has 1 aliphatic rings. The smallest absolute Gasteiger partial charge is 0.238 e. The molecule has 1 aromatic heterocycles. The van der Waals surface area contributed by atoms with Gasteiger partial charge in [-0.1, -0.05) is 0 Å². The number of hydrogen-bond donors (Lipinski definition) is 7. The van der Waals surface area contributed by atoms with Crippen molar-refractivity contribution in [1.82, 2.24) is 0 Å². The van der Waals surface area contributed by atoms with Gasteiger partial charge in [-0.15, -0.1) is 0 Å². The first-order valence-electron chi connectivity index (χ1n) is 10.6. The Morgan fingerprint density at radius 2 is 1.61 bits per heavy atom. The fourth-order valence-corrected chi connectivity index (χ4v) is 3.86. The van der Waals surface area contributed by atoms with Gasteiger partial charge in [0.2, 0.25) is 23.2 Å². The van der Waals surface area contributed by atoms with Crippen LogP contribution in [0.3, 0.4) is 0 Å². The minimum atomic E-state index is -1.81. The lowest BCUT2D eigenvalue weighted by molar-refractivity contribution is -0.277. The van der Waals surface area contributed by atoms with Gasteiger partial charge in [-0.25, -0.2) is 0 Å². The molecule has 0 radical (unpaired) electrons. The predicted octanol–water partition coefficient (Wildman–Crippen LogP) is -0.227. The fraction of sp³-hybridized carbons (Fsp3) is 0.348. The fourth-order valence-electron chi connectivity index (χ4n) is 3.86. The van der Waals surface area contributed by atoms with Crippen LogP contribution in [0.2, 0.25) is 0 Å². The highest BCUT2D eigenvalue weighted by Crippen LogP contribution is 2.45. The average Bonchev–Trinajstić information content (AvgIpc) is 2.87. The molecule has 3 aromatic rings. The molecule has 1 saturated heterocycles. The lowest BCUT2D eigenvalue weighted by atomic mass is 9.99. The van der Waals surface area contributed by atoms with E-state index in [1.165, 1.54) is 32.4 Å². The first-order chi connectivity index (χ1) is 17.1. The third kappa shape index (κ3) is 4.12. The van der Waals surface area contributed by atoms with Gasteiger partial charge in [-0.05, 0) is 18.2 Å². The van der Waals surface area contributed by atoms with Gasteiger partial charge in [0.15, 0.2) is 28.6 Å². The van der Waals surface area contributed by atoms with Crippen molar-refractivity contribution in [3.8, 4) is 45.8 Å². The highest BCUT2D eigenvalue weighted by atomic mass is 16.7. The number of phenolic OH excluding ortho intramolecular Hbond substituents is 2. The summed E-state index contributed by atoms with van der Waals surface area (Å²) in [6.45, 7) is -0.716. The van der Waals surface area contributed by atoms with Gasteiger partial charge in [0.1, 0.15) is 35.6 Å². The Bertz CT molecular complexity index is 1330. The summed E-state index contributed by atoms with van der Waals surface area (Å²) in [7, 11) is 2.54. The van der Waals surface area contributed by atoms with Crippen LogP contribution in [0.1, 0.15) is 0 Å². The average molecular weight is 508 g/mol. The minimum Gasteiger partial charge on any atom is -0.507 e. The number of rotatable bonds is 6. The highest BCUT2D eigenvalue weighted by Gasteiger charge is 2.45. The van der Waals surface area contributed by atoms with E-state index in [9.17, 15) is 40.5 Å². The van der Waals surface area contributed by atoms with Gasteiger partial charge in [0.25, 0.3) is 0 Å². The predicted molar refractivity (Wildman–Crippen MR) is 120 cm³/mol. The normalized spacial score (nSPS) is 24.0. The van der Waals surface area contributed by atoms with Gasteiger partial charge in [-0.3, -0.25) is 4.79 Å². The van der Waals surface area contributed by atoms with Crippen molar-refractivity contribution in [3.63, 3.8) is 0 Å². The maximum atomic E-state index is 13.0. The van der Waals surface area contributed by atoms with E-state index in [0.717, 1.165) is 6.07 Å². The van der Waals surface area contributed by atoms with E-state index < -0.39 is 71.0 Å². The van der Waals surface area contributed by atoms with E-state index in [1.54, 1.807) is 0 Å². The summed E-state index contributed by atoms with van der Waals surface area (Å²) >= 11 is 0. The molecule has 1 aliphatic heterocycles. The Morgan fingerprint density at radius 1 is 0.917 bits per heavy atom. The highest BCUT2D eigenvalue weighted by molar-refractivity contribution is 5.93. The van der Waals surface area contributed by atoms with Crippen LogP contribution in [0.15, 0.2) is 33.5 Å². The Labute approximate surface area is 202 Å². The van der Waals surface area contributed by atoms with Gasteiger partial charge in [-0.2, -0.15) is 0 Å². The van der Waals surface area contributed by atoms with Gasteiger partial charge in [0.05, 0.1) is 20.8 Å². The molecule has 4 rings (SSSR count). The van der Waals surface area contributed by atoms with Crippen molar-refractivity contribution < 1.29 is 59.1 Å². The molecule has 0 amide bonds. The monoisotopic (exact) mass is 508 g/mol. The van der Waals surface area contributed by atoms with E-state index in [1.807, 2.05) is 0 Å². The van der Waals surface area contributed by atoms with E-state index in [0.29, 0.717) is 0 Å². The number of phenols is 2. The van der Waals surface area contributed by atoms with Crippen LogP contribution in [0.25, 0.3) is 22.3 Å². The van der Waals surface area contributed by atoms with E-state index >= 15 is 0 Å². The number of benzene rings is 2. The molecule has 194 valence electrons. The first-order valence-corrected chi connectivity index (χ1v) is 10.6. The first kappa shape index (κ1) is 25.3. The minimum absolute atomic E-state index is 0.0610. The largest absolute Gasteiger partial charge is 0.507 e. The number of fused-ring (bicyclic) bond motifs is 1. The Balaban J connectivity index is 1.92. The lowest BCUT2D eigenvalue weighted by Crippen LogP contribution is -2.60.